The van der Waals surface area contributed by atoms with Gasteiger partial charge in [-0.05, 0) is 151 Å². The lowest BCUT2D eigenvalue weighted by Crippen LogP contribution is -2.13. The van der Waals surface area contributed by atoms with Gasteiger partial charge in [-0.3, -0.25) is 0 Å². The molecule has 2 heterocycles. The zero-order valence-corrected chi connectivity index (χ0v) is 40.1. The second-order valence-electron chi connectivity index (χ2n) is 19.1. The van der Waals surface area contributed by atoms with Gasteiger partial charge in [0.05, 0.1) is 50.6 Å². The standard InChI is InChI=1S/C66H46F3N3/c1-40-8-16-45(17-9-40)49-24-28-60-55(33-49)56-34-50(46-18-10-41(2)11-19-46)25-29-61(56)71(60)64-38-59(66(67,68)69)65(37-54(64)53-7-5-6-44(32-53)39-70)72-62-30-26-51(47-20-12-42(3)13-21-47)35-57(62)58-36-52(27-31-63(58)72)48-22-14-43(4)15-23-48/h5-38H,1-4H3. The number of hydrogen-bond donors (Lipinski definition) is 0. The van der Waals surface area contributed by atoms with Gasteiger partial charge in [0, 0.05) is 27.1 Å². The van der Waals surface area contributed by atoms with Crippen molar-refractivity contribution in [3.63, 3.8) is 0 Å². The minimum absolute atomic E-state index is 0.0149. The molecule has 3 nitrogen and oxygen atoms in total. The summed E-state index contributed by atoms with van der Waals surface area (Å²) in [6.45, 7) is 8.22. The van der Waals surface area contributed by atoms with Crippen molar-refractivity contribution in [3.05, 3.63) is 240 Å². The topological polar surface area (TPSA) is 33.6 Å². The first kappa shape index (κ1) is 44.3. The first-order chi connectivity index (χ1) is 34.9. The zero-order chi connectivity index (χ0) is 49.4. The van der Waals surface area contributed by atoms with Crippen molar-refractivity contribution in [2.45, 2.75) is 33.9 Å². The number of halogens is 3. The summed E-state index contributed by atoms with van der Waals surface area (Å²) >= 11 is 0. The number of alkyl halides is 3. The van der Waals surface area contributed by atoms with Crippen LogP contribution in [-0.4, -0.2) is 9.13 Å². The van der Waals surface area contributed by atoms with E-state index in [1.54, 1.807) is 28.8 Å². The molecule has 0 saturated carbocycles. The molecule has 72 heavy (non-hydrogen) atoms. The largest absolute Gasteiger partial charge is 0.418 e. The molecule has 0 bridgehead atoms. The van der Waals surface area contributed by atoms with Crippen LogP contribution in [-0.2, 0) is 6.18 Å². The Balaban J connectivity index is 1.17. The molecule has 0 atom stereocenters. The van der Waals surface area contributed by atoms with E-state index in [9.17, 15) is 5.26 Å². The van der Waals surface area contributed by atoms with Crippen LogP contribution < -0.4 is 0 Å². The van der Waals surface area contributed by atoms with Gasteiger partial charge in [0.2, 0.25) is 0 Å². The lowest BCUT2D eigenvalue weighted by atomic mass is 9.97. The zero-order valence-electron chi connectivity index (χ0n) is 40.1. The van der Waals surface area contributed by atoms with E-state index in [1.165, 1.54) is 6.07 Å². The van der Waals surface area contributed by atoms with E-state index in [1.807, 2.05) is 73.0 Å². The van der Waals surface area contributed by atoms with E-state index in [0.717, 1.165) is 99.3 Å². The summed E-state index contributed by atoms with van der Waals surface area (Å²) in [7, 11) is 0. The van der Waals surface area contributed by atoms with Crippen LogP contribution in [0.3, 0.4) is 0 Å². The summed E-state index contributed by atoms with van der Waals surface area (Å²) < 4.78 is 53.1. The van der Waals surface area contributed by atoms with Gasteiger partial charge in [-0.1, -0.05) is 156 Å². The van der Waals surface area contributed by atoms with Crippen LogP contribution >= 0.6 is 0 Å². The molecule has 12 rings (SSSR count). The summed E-state index contributed by atoms with van der Waals surface area (Å²) in [6, 6.07) is 70.3. The Labute approximate surface area is 415 Å². The highest BCUT2D eigenvalue weighted by molar-refractivity contribution is 6.14. The number of benzene rings is 10. The Kier molecular flexibility index (Phi) is 10.6. The fourth-order valence-corrected chi connectivity index (χ4v) is 10.4. The highest BCUT2D eigenvalue weighted by Gasteiger charge is 2.37. The molecule has 346 valence electrons. The van der Waals surface area contributed by atoms with Crippen LogP contribution in [0.2, 0.25) is 0 Å². The Morgan fingerprint density at radius 1 is 0.347 bits per heavy atom. The minimum Gasteiger partial charge on any atom is -0.309 e. The predicted octanol–water partition coefficient (Wildman–Crippen LogP) is 18.3. The SMILES string of the molecule is Cc1ccc(-c2ccc3c(c2)c2cc(-c4ccc(C)cc4)ccc2n3-c2cc(C(F)(F)F)c(-n3c4ccc(-c5ccc(C)cc5)cc4c4cc(-c5ccc(C)cc5)ccc43)cc2-c2cccc(C#N)c2)cc1. The third-order valence-corrected chi connectivity index (χ3v) is 14.3. The van der Waals surface area contributed by atoms with Gasteiger partial charge in [0.1, 0.15) is 0 Å². The van der Waals surface area contributed by atoms with Crippen LogP contribution in [0.15, 0.2) is 206 Å². The second kappa shape index (κ2) is 17.2. The molecule has 6 heteroatoms. The molecule has 0 unspecified atom stereocenters. The van der Waals surface area contributed by atoms with Gasteiger partial charge in [0.25, 0.3) is 0 Å². The van der Waals surface area contributed by atoms with Gasteiger partial charge in [-0.25, -0.2) is 0 Å². The highest BCUT2D eigenvalue weighted by Crippen LogP contribution is 2.47. The fraction of sp³-hybridized carbons (Fsp3) is 0.0758. The summed E-state index contributed by atoms with van der Waals surface area (Å²) in [5, 5.41) is 13.7. The number of rotatable bonds is 7. The number of nitrogens with zero attached hydrogens (tertiary/aromatic N) is 3. The molecule has 0 N–H and O–H groups in total. The number of fused-ring (bicyclic) bond motifs is 6. The van der Waals surface area contributed by atoms with Crippen molar-refractivity contribution in [2.75, 3.05) is 0 Å². The van der Waals surface area contributed by atoms with E-state index in [-0.39, 0.29) is 5.69 Å². The van der Waals surface area contributed by atoms with Crippen molar-refractivity contribution in [2.24, 2.45) is 0 Å². The molecule has 10 aromatic carbocycles. The quantitative estimate of drug-likeness (QED) is 0.157. The average Bonchev–Trinajstić information content (AvgIpc) is 3.90. The number of hydrogen-bond acceptors (Lipinski definition) is 1. The van der Waals surface area contributed by atoms with E-state index in [0.29, 0.717) is 33.4 Å². The van der Waals surface area contributed by atoms with Crippen molar-refractivity contribution in [1.82, 2.24) is 9.13 Å². The molecule has 0 radical (unpaired) electrons. The fourth-order valence-electron chi connectivity index (χ4n) is 10.4. The molecule has 2 aromatic heterocycles. The van der Waals surface area contributed by atoms with Gasteiger partial charge in [0.15, 0.2) is 0 Å². The van der Waals surface area contributed by atoms with E-state index in [2.05, 4.69) is 141 Å². The van der Waals surface area contributed by atoms with Crippen molar-refractivity contribution in [1.29, 1.82) is 5.26 Å². The third kappa shape index (κ3) is 7.71. The molecule has 0 aliphatic carbocycles. The Morgan fingerprint density at radius 3 is 1.01 bits per heavy atom. The maximum absolute atomic E-state index is 16.5. The van der Waals surface area contributed by atoms with E-state index < -0.39 is 11.7 Å². The Bertz CT molecular complexity index is 3940. The van der Waals surface area contributed by atoms with E-state index >= 15 is 13.2 Å². The molecule has 0 amide bonds. The number of aromatic nitrogens is 2. The summed E-state index contributed by atoms with van der Waals surface area (Å²) in [6.07, 6.45) is -4.79. The van der Waals surface area contributed by atoms with Crippen LogP contribution in [0.4, 0.5) is 13.2 Å². The third-order valence-electron chi connectivity index (χ3n) is 14.3. The summed E-state index contributed by atoms with van der Waals surface area (Å²) in [4.78, 5) is 0. The van der Waals surface area contributed by atoms with Gasteiger partial charge in [-0.2, -0.15) is 18.4 Å². The van der Waals surface area contributed by atoms with Gasteiger partial charge >= 0.3 is 6.18 Å². The van der Waals surface area contributed by atoms with Gasteiger partial charge in [-0.15, -0.1) is 0 Å². The molecule has 0 spiro atoms. The lowest BCUT2D eigenvalue weighted by molar-refractivity contribution is -0.137. The van der Waals surface area contributed by atoms with Crippen molar-refractivity contribution >= 4 is 43.6 Å². The Hall–Kier alpha value is -8.92. The number of nitriles is 1. The average molecular weight is 938 g/mol. The second-order valence-corrected chi connectivity index (χ2v) is 19.1. The maximum atomic E-state index is 16.5. The molecular weight excluding hydrogens is 892 g/mol. The predicted molar refractivity (Wildman–Crippen MR) is 291 cm³/mol. The van der Waals surface area contributed by atoms with E-state index in [4.69, 9.17) is 0 Å². The smallest absolute Gasteiger partial charge is 0.309 e. The van der Waals surface area contributed by atoms with Gasteiger partial charge < -0.3 is 9.13 Å². The normalized spacial score (nSPS) is 11.8. The molecular formula is C66H46F3N3. The summed E-state index contributed by atoms with van der Waals surface area (Å²) in [5.41, 5.74) is 16.5. The Morgan fingerprint density at radius 2 is 0.681 bits per heavy atom. The first-order valence-electron chi connectivity index (χ1n) is 24.1. The molecule has 0 saturated heterocycles. The molecule has 0 aliphatic heterocycles. The molecule has 0 aliphatic rings. The van der Waals surface area contributed by atoms with Crippen LogP contribution in [0, 0.1) is 39.0 Å². The van der Waals surface area contributed by atoms with Crippen LogP contribution in [0.25, 0.3) is 111 Å². The van der Waals surface area contributed by atoms with Crippen LogP contribution in [0.5, 0.6) is 0 Å². The van der Waals surface area contributed by atoms with Crippen LogP contribution in [0.1, 0.15) is 33.4 Å². The monoisotopic (exact) mass is 937 g/mol. The minimum atomic E-state index is -4.79. The van der Waals surface area contributed by atoms with Crippen molar-refractivity contribution in [3.8, 4) is 73.1 Å². The van der Waals surface area contributed by atoms with Crippen molar-refractivity contribution < 1.29 is 13.2 Å². The maximum Gasteiger partial charge on any atom is 0.418 e. The first-order valence-corrected chi connectivity index (χ1v) is 24.1. The lowest BCUT2D eigenvalue weighted by Gasteiger charge is -2.22. The highest BCUT2D eigenvalue weighted by atomic mass is 19.4. The molecule has 12 aromatic rings. The number of aryl methyl sites for hydroxylation is 4. The molecule has 0 fully saturated rings. The summed E-state index contributed by atoms with van der Waals surface area (Å²) in [5.74, 6) is 0.